The van der Waals surface area contributed by atoms with Crippen LogP contribution in [0.2, 0.25) is 0 Å². The third-order valence-electron chi connectivity index (χ3n) is 6.58. The van der Waals surface area contributed by atoms with Gasteiger partial charge in [0.05, 0.1) is 9.39 Å². The van der Waals surface area contributed by atoms with E-state index in [1.807, 2.05) is 42.5 Å². The molecular formula is C28H28N2O2S2. The molecule has 0 spiro atoms. The second kappa shape index (κ2) is 10.1. The van der Waals surface area contributed by atoms with Crippen LogP contribution in [0.15, 0.2) is 54.6 Å². The van der Waals surface area contributed by atoms with Gasteiger partial charge in [0.1, 0.15) is 16.8 Å². The van der Waals surface area contributed by atoms with Crippen molar-refractivity contribution in [2.45, 2.75) is 45.4 Å². The van der Waals surface area contributed by atoms with Crippen LogP contribution in [0.25, 0.3) is 0 Å². The SMILES string of the molecule is CC1CCc2c(C#N)c(NC(=O)COc3ccc(C(C)(C)c4ccccc4)cc3)sc(=S)c2C1. The predicted molar refractivity (Wildman–Crippen MR) is 140 cm³/mol. The number of fused-ring (bicyclic) bond motifs is 1. The smallest absolute Gasteiger partial charge is 0.262 e. The molecule has 4 rings (SSSR count). The average molecular weight is 489 g/mol. The summed E-state index contributed by atoms with van der Waals surface area (Å²) in [6.45, 7) is 6.44. The molecule has 1 N–H and O–H groups in total. The summed E-state index contributed by atoms with van der Waals surface area (Å²) in [7, 11) is 0. The summed E-state index contributed by atoms with van der Waals surface area (Å²) >= 11 is 6.89. The molecule has 4 nitrogen and oxygen atoms in total. The fourth-order valence-corrected chi connectivity index (χ4v) is 5.85. The molecule has 3 aromatic rings. The van der Waals surface area contributed by atoms with E-state index in [0.29, 0.717) is 22.2 Å². The third kappa shape index (κ3) is 5.06. The van der Waals surface area contributed by atoms with Gasteiger partial charge in [-0.2, -0.15) is 5.26 Å². The van der Waals surface area contributed by atoms with Gasteiger partial charge in [0.25, 0.3) is 5.91 Å². The Morgan fingerprint density at radius 3 is 2.50 bits per heavy atom. The zero-order valence-electron chi connectivity index (χ0n) is 19.7. The van der Waals surface area contributed by atoms with E-state index in [1.165, 1.54) is 16.9 Å². The second-order valence-electron chi connectivity index (χ2n) is 9.36. The zero-order valence-corrected chi connectivity index (χ0v) is 21.3. The molecule has 0 fully saturated rings. The number of carbonyl (C=O) groups is 1. The number of hydrogen-bond donors (Lipinski definition) is 1. The third-order valence-corrected chi connectivity index (χ3v) is 8.02. The Balaban J connectivity index is 1.43. The summed E-state index contributed by atoms with van der Waals surface area (Å²) < 4.78 is 6.49. The van der Waals surface area contributed by atoms with Crippen LogP contribution in [0, 0.1) is 21.1 Å². The Labute approximate surface area is 210 Å². The quantitative estimate of drug-likeness (QED) is 0.387. The van der Waals surface area contributed by atoms with E-state index >= 15 is 0 Å². The lowest BCUT2D eigenvalue weighted by molar-refractivity contribution is -0.118. The van der Waals surface area contributed by atoms with Crippen LogP contribution >= 0.6 is 23.6 Å². The number of ether oxygens (including phenoxy) is 1. The molecule has 2 aromatic carbocycles. The van der Waals surface area contributed by atoms with E-state index in [4.69, 9.17) is 17.0 Å². The van der Waals surface area contributed by atoms with Gasteiger partial charge in [-0.3, -0.25) is 4.79 Å². The minimum absolute atomic E-state index is 0.139. The predicted octanol–water partition coefficient (Wildman–Crippen LogP) is 6.82. The Morgan fingerprint density at radius 2 is 1.82 bits per heavy atom. The van der Waals surface area contributed by atoms with Crippen molar-refractivity contribution in [1.29, 1.82) is 5.26 Å². The highest BCUT2D eigenvalue weighted by molar-refractivity contribution is 7.73. The standard InChI is InChI=1S/C28H28N2O2S2/c1-18-9-14-22-23(15-18)27(33)34-26(24(22)16-29)30-25(31)17-32-21-12-10-20(11-13-21)28(2,3)19-7-5-4-6-8-19/h4-8,10-13,18H,9,14-15,17H2,1-3H3,(H,30,31). The first-order valence-electron chi connectivity index (χ1n) is 11.5. The lowest BCUT2D eigenvalue weighted by Gasteiger charge is -2.26. The molecule has 6 heteroatoms. The van der Waals surface area contributed by atoms with Gasteiger partial charge in [0.2, 0.25) is 0 Å². The van der Waals surface area contributed by atoms with Gasteiger partial charge in [-0.1, -0.05) is 75.5 Å². The first-order valence-corrected chi connectivity index (χ1v) is 12.7. The maximum atomic E-state index is 12.6. The molecule has 0 saturated heterocycles. The van der Waals surface area contributed by atoms with Crippen LogP contribution in [0.4, 0.5) is 5.00 Å². The van der Waals surface area contributed by atoms with Crippen LogP contribution in [0.1, 0.15) is 55.0 Å². The monoisotopic (exact) mass is 488 g/mol. The number of anilines is 1. The number of nitrogens with one attached hydrogen (secondary N) is 1. The van der Waals surface area contributed by atoms with Gasteiger partial charge in [-0.25, -0.2) is 0 Å². The number of nitriles is 1. The van der Waals surface area contributed by atoms with Crippen LogP contribution in [0.5, 0.6) is 5.75 Å². The topological polar surface area (TPSA) is 62.1 Å². The Kier molecular flexibility index (Phi) is 7.16. The van der Waals surface area contributed by atoms with E-state index < -0.39 is 0 Å². The molecule has 0 saturated carbocycles. The van der Waals surface area contributed by atoms with Gasteiger partial charge >= 0.3 is 0 Å². The van der Waals surface area contributed by atoms with Crippen LogP contribution in [-0.4, -0.2) is 12.5 Å². The zero-order chi connectivity index (χ0) is 24.3. The van der Waals surface area contributed by atoms with Crippen molar-refractivity contribution in [2.75, 3.05) is 11.9 Å². The number of amides is 1. The normalized spacial score (nSPS) is 15.2. The summed E-state index contributed by atoms with van der Waals surface area (Å²) in [5.41, 5.74) is 4.90. The van der Waals surface area contributed by atoms with E-state index in [0.717, 1.165) is 39.8 Å². The molecule has 1 unspecified atom stereocenters. The molecule has 34 heavy (non-hydrogen) atoms. The van der Waals surface area contributed by atoms with Crippen LogP contribution in [0.3, 0.4) is 0 Å². The second-order valence-corrected chi connectivity index (χ2v) is 11.1. The van der Waals surface area contributed by atoms with Crippen molar-refractivity contribution in [3.63, 3.8) is 0 Å². The molecule has 1 aliphatic rings. The lowest BCUT2D eigenvalue weighted by Crippen LogP contribution is -2.22. The van der Waals surface area contributed by atoms with Gasteiger partial charge in [0.15, 0.2) is 6.61 Å². The molecule has 1 aromatic heterocycles. The summed E-state index contributed by atoms with van der Waals surface area (Å²) in [6, 6.07) is 20.5. The summed E-state index contributed by atoms with van der Waals surface area (Å²) in [4.78, 5) is 12.6. The molecule has 0 aliphatic heterocycles. The number of nitrogens with zero attached hydrogens (tertiary/aromatic N) is 1. The fraction of sp³-hybridized carbons (Fsp3) is 0.321. The average Bonchev–Trinajstić information content (AvgIpc) is 2.84. The van der Waals surface area contributed by atoms with E-state index in [1.54, 1.807) is 0 Å². The minimum atomic E-state index is -0.306. The van der Waals surface area contributed by atoms with E-state index in [2.05, 4.69) is 44.3 Å². The van der Waals surface area contributed by atoms with Gasteiger partial charge in [-0.15, -0.1) is 11.3 Å². The van der Waals surface area contributed by atoms with Crippen LogP contribution in [-0.2, 0) is 23.1 Å². The number of carbonyl (C=O) groups excluding carboxylic acids is 1. The largest absolute Gasteiger partial charge is 0.484 e. The van der Waals surface area contributed by atoms with Crippen molar-refractivity contribution in [3.05, 3.63) is 86.2 Å². The lowest BCUT2D eigenvalue weighted by atomic mass is 9.78. The van der Waals surface area contributed by atoms with Crippen LogP contribution < -0.4 is 10.1 Å². The molecular weight excluding hydrogens is 460 g/mol. The molecule has 0 bridgehead atoms. The Bertz CT molecular complexity index is 1290. The van der Waals surface area contributed by atoms with Gasteiger partial charge in [0, 0.05) is 5.41 Å². The molecule has 1 aliphatic carbocycles. The number of hydrogen-bond acceptors (Lipinski definition) is 5. The highest BCUT2D eigenvalue weighted by Crippen LogP contribution is 2.36. The van der Waals surface area contributed by atoms with Crippen molar-refractivity contribution >= 4 is 34.5 Å². The molecule has 1 atom stereocenters. The molecule has 0 radical (unpaired) electrons. The summed E-state index contributed by atoms with van der Waals surface area (Å²) in [6.07, 6.45) is 2.74. The first kappa shape index (κ1) is 24.1. The number of benzene rings is 2. The maximum Gasteiger partial charge on any atom is 0.262 e. The van der Waals surface area contributed by atoms with E-state index in [-0.39, 0.29) is 17.9 Å². The Morgan fingerprint density at radius 1 is 1.15 bits per heavy atom. The minimum Gasteiger partial charge on any atom is -0.484 e. The number of rotatable bonds is 6. The molecule has 1 heterocycles. The van der Waals surface area contributed by atoms with Crippen molar-refractivity contribution in [3.8, 4) is 11.8 Å². The van der Waals surface area contributed by atoms with Gasteiger partial charge in [-0.05, 0) is 59.6 Å². The van der Waals surface area contributed by atoms with Gasteiger partial charge < -0.3 is 10.1 Å². The van der Waals surface area contributed by atoms with Crippen molar-refractivity contribution < 1.29 is 9.53 Å². The fourth-order valence-electron chi connectivity index (χ4n) is 4.45. The van der Waals surface area contributed by atoms with Crippen molar-refractivity contribution in [1.82, 2.24) is 0 Å². The highest BCUT2D eigenvalue weighted by atomic mass is 32.1. The van der Waals surface area contributed by atoms with Crippen molar-refractivity contribution in [2.24, 2.45) is 5.92 Å². The molecule has 1 amide bonds. The van der Waals surface area contributed by atoms with E-state index in [9.17, 15) is 10.1 Å². The summed E-state index contributed by atoms with van der Waals surface area (Å²) in [5, 5.41) is 13.1. The Hall–Kier alpha value is -3.01. The summed E-state index contributed by atoms with van der Waals surface area (Å²) in [5.74, 6) is 0.877. The first-order chi connectivity index (χ1) is 16.3. The highest BCUT2D eigenvalue weighted by Gasteiger charge is 2.24. The maximum absolute atomic E-state index is 12.6. The molecule has 174 valence electrons.